The molecule has 6 aliphatic rings. The zero-order valence-corrected chi connectivity index (χ0v) is 53.3. The summed E-state index contributed by atoms with van der Waals surface area (Å²) < 4.78 is 32.3. The molecule has 3 heterocycles. The van der Waals surface area contributed by atoms with Gasteiger partial charge in [0.1, 0.15) is 47.2 Å². The number of ether oxygens (including phenoxy) is 5. The molecule has 2 unspecified atom stereocenters. The molecule has 17 nitrogen and oxygen atoms in total. The molecule has 0 radical (unpaired) electrons. The van der Waals surface area contributed by atoms with Gasteiger partial charge in [-0.3, -0.25) is 24.0 Å². The van der Waals surface area contributed by atoms with Crippen LogP contribution in [-0.4, -0.2) is 140 Å². The van der Waals surface area contributed by atoms with E-state index in [1.165, 1.54) is 105 Å². The maximum absolute atomic E-state index is 16.0. The second-order valence-corrected chi connectivity index (χ2v) is 28.7. The second-order valence-electron chi connectivity index (χ2n) is 23.7. The van der Waals surface area contributed by atoms with Gasteiger partial charge in [0.25, 0.3) is 5.91 Å². The number of ketones is 3. The van der Waals surface area contributed by atoms with Crippen molar-refractivity contribution in [1.82, 2.24) is 5.32 Å². The van der Waals surface area contributed by atoms with Gasteiger partial charge in [-0.25, -0.2) is 14.4 Å². The number of thioether (sulfide) groups is 4. The molecule has 3 aliphatic heterocycles. The highest BCUT2D eigenvalue weighted by Crippen LogP contribution is 2.64. The number of esters is 4. The van der Waals surface area contributed by atoms with Gasteiger partial charge in [0, 0.05) is 48.2 Å². The number of rotatable bonds is 17. The number of aliphatic hydroxyl groups excluding tert-OH is 2. The van der Waals surface area contributed by atoms with E-state index in [4.69, 9.17) is 23.7 Å². The molecule has 5 fully saturated rings. The Balaban J connectivity index is 1.11. The third-order valence-corrected chi connectivity index (χ3v) is 23.3. The summed E-state index contributed by atoms with van der Waals surface area (Å²) in [7, 11) is 0. The number of amides is 1. The minimum absolute atomic E-state index is 0.0218. The first kappa shape index (κ1) is 65.1. The highest BCUT2D eigenvalue weighted by atomic mass is 32.2. The average molecular weight is 1280 g/mol. The van der Waals surface area contributed by atoms with E-state index < -0.39 is 130 Å². The Morgan fingerprint density at radius 1 is 0.708 bits per heavy atom. The van der Waals surface area contributed by atoms with Crippen LogP contribution >= 0.6 is 47.0 Å². The highest BCUT2D eigenvalue weighted by Gasteiger charge is 2.78. The molecule has 3 saturated heterocycles. The summed E-state index contributed by atoms with van der Waals surface area (Å²) in [6.45, 7) is 10.5. The number of Topliss-reactive ketones (excluding diaryl/α,β-unsaturated/α-hetero) is 1. The molecule has 0 spiro atoms. The van der Waals surface area contributed by atoms with Gasteiger partial charge in [0.2, 0.25) is 6.10 Å². The van der Waals surface area contributed by atoms with Crippen LogP contribution in [0.5, 0.6) is 0 Å². The number of hydrogen-bond acceptors (Lipinski definition) is 20. The lowest BCUT2D eigenvalue weighted by Gasteiger charge is -2.67. The predicted molar refractivity (Wildman–Crippen MR) is 341 cm³/mol. The molecule has 21 heteroatoms. The van der Waals surface area contributed by atoms with Crippen LogP contribution in [0.3, 0.4) is 0 Å². The van der Waals surface area contributed by atoms with Crippen molar-refractivity contribution in [2.24, 2.45) is 16.7 Å². The smallest absolute Gasteiger partial charge is 0.350 e. The van der Waals surface area contributed by atoms with E-state index in [-0.39, 0.29) is 40.9 Å². The Morgan fingerprint density at radius 3 is 1.76 bits per heavy atom. The maximum Gasteiger partial charge on any atom is 0.350 e. The van der Waals surface area contributed by atoms with E-state index in [1.807, 2.05) is 50.2 Å². The lowest BCUT2D eigenvalue weighted by atomic mass is 9.44. The van der Waals surface area contributed by atoms with Crippen LogP contribution in [0.2, 0.25) is 0 Å². The van der Waals surface area contributed by atoms with Crippen LogP contribution in [-0.2, 0) is 57.2 Å². The van der Waals surface area contributed by atoms with Crippen LogP contribution in [0.1, 0.15) is 91.7 Å². The molecule has 3 aliphatic carbocycles. The maximum atomic E-state index is 16.0. The Kier molecular flexibility index (Phi) is 19.4. The second kappa shape index (κ2) is 26.6. The first-order valence-electron chi connectivity index (χ1n) is 29.2. The van der Waals surface area contributed by atoms with Crippen molar-refractivity contribution in [3.8, 4) is 0 Å². The van der Waals surface area contributed by atoms with Gasteiger partial charge in [-0.05, 0) is 79.8 Å². The van der Waals surface area contributed by atoms with Crippen LogP contribution in [0.4, 0.5) is 0 Å². The Hall–Kier alpha value is -6.82. The first-order valence-corrected chi connectivity index (χ1v) is 33.1. The van der Waals surface area contributed by atoms with Crippen molar-refractivity contribution in [3.05, 3.63) is 185 Å². The van der Waals surface area contributed by atoms with E-state index in [9.17, 15) is 34.5 Å². The third-order valence-electron chi connectivity index (χ3n) is 17.8. The van der Waals surface area contributed by atoms with E-state index in [2.05, 4.69) is 5.32 Å². The number of carbonyl (C=O) groups is 8. The number of hydrogen-bond donors (Lipinski definition) is 4. The molecule has 2 bridgehead atoms. The summed E-state index contributed by atoms with van der Waals surface area (Å²) >= 11 is 5.08. The van der Waals surface area contributed by atoms with Gasteiger partial charge in [-0.2, -0.15) is 0 Å². The number of carbonyl (C=O) groups excluding carboxylic acids is 8. The first-order chi connectivity index (χ1) is 42.4. The zero-order valence-electron chi connectivity index (χ0n) is 50.1. The fraction of sp³-hybridized carbons (Fsp3) is 0.382. The number of nitrogens with one attached hydrogen (secondary N) is 1. The molecule has 0 aromatic heterocycles. The highest BCUT2D eigenvalue weighted by molar-refractivity contribution is 8.25. The zero-order chi connectivity index (χ0) is 63.7. The van der Waals surface area contributed by atoms with Crippen molar-refractivity contribution in [3.63, 3.8) is 0 Å². The summed E-state index contributed by atoms with van der Waals surface area (Å²) in [4.78, 5) is 119. The molecule has 10 rings (SSSR count). The molecule has 4 N–H and O–H groups in total. The van der Waals surface area contributed by atoms with Crippen molar-refractivity contribution in [2.45, 2.75) is 115 Å². The van der Waals surface area contributed by atoms with Crippen molar-refractivity contribution < 1.29 is 77.4 Å². The fourth-order valence-electron chi connectivity index (χ4n) is 13.0. The van der Waals surface area contributed by atoms with Gasteiger partial charge in [-0.1, -0.05) is 134 Å². The molecule has 4 aromatic rings. The molecule has 11 atom stereocenters. The summed E-state index contributed by atoms with van der Waals surface area (Å²) in [5.41, 5.74) is -5.57. The van der Waals surface area contributed by atoms with Gasteiger partial charge < -0.3 is 44.3 Å². The quantitative estimate of drug-likeness (QED) is 0.0192. The molecule has 4 aromatic carbocycles. The summed E-state index contributed by atoms with van der Waals surface area (Å²) in [5, 5.41) is 42.0. The third kappa shape index (κ3) is 12.7. The van der Waals surface area contributed by atoms with Crippen LogP contribution in [0.15, 0.2) is 152 Å². The molecule has 466 valence electrons. The summed E-state index contributed by atoms with van der Waals surface area (Å²) in [6.07, 6.45) is -6.06. The van der Waals surface area contributed by atoms with Crippen LogP contribution in [0, 0.1) is 30.6 Å². The van der Waals surface area contributed by atoms with E-state index >= 15 is 19.2 Å². The normalized spacial score (nSPS) is 27.6. The predicted octanol–water partition coefficient (Wildman–Crippen LogP) is 8.97. The molecular weight excluding hydrogens is 1220 g/mol. The molecular formula is C68H69NO16S4. The van der Waals surface area contributed by atoms with Crippen LogP contribution in [0.25, 0.3) is 12.2 Å². The molecule has 1 amide bonds. The number of aryl methyl sites for hydroxylation is 2. The Morgan fingerprint density at radius 2 is 1.24 bits per heavy atom. The van der Waals surface area contributed by atoms with Crippen LogP contribution < -0.4 is 5.32 Å². The lowest BCUT2D eigenvalue weighted by Crippen LogP contribution is -2.81. The number of allylic oxidation sites excluding steroid dienone is 2. The van der Waals surface area contributed by atoms with E-state index in [0.29, 0.717) is 42.6 Å². The largest absolute Gasteiger partial charge is 0.455 e. The minimum Gasteiger partial charge on any atom is -0.455 e. The summed E-state index contributed by atoms with van der Waals surface area (Å²) in [5.74, 6) is -7.23. The van der Waals surface area contributed by atoms with E-state index in [1.54, 1.807) is 66.7 Å². The van der Waals surface area contributed by atoms with Crippen molar-refractivity contribution >= 4 is 106 Å². The molecule has 2 saturated carbocycles. The lowest BCUT2D eigenvalue weighted by molar-refractivity contribution is -0.346. The SMILES string of the molecule is CC(=O)O[C@@]12CO[C@@H]1C[C@H](O)[C@@]1(C)C(=O)C(O)C3=C(C)[C@@H](OC(=O)[C@H](OC(=O)C(C(=O)/C=C/c4ccc(C)cc4)=C4SCCS4)[C@@H](NC(=O)C(C(=O)/C=C/c4ccc(C)cc4)=C4SCCS4)c4ccccc4)C[C@@](O)([C@@H](OC(=O)c4ccccc4)C12)C3(C)C. The van der Waals surface area contributed by atoms with Gasteiger partial charge in [-0.15, -0.1) is 47.0 Å². The Bertz CT molecular complexity index is 3620. The fourth-order valence-corrected chi connectivity index (χ4v) is 18.1. The Labute approximate surface area is 532 Å². The summed E-state index contributed by atoms with van der Waals surface area (Å²) in [6, 6.07) is 28.8. The van der Waals surface area contributed by atoms with Crippen molar-refractivity contribution in [2.75, 3.05) is 29.6 Å². The monoisotopic (exact) mass is 1280 g/mol. The standard InChI is InChI=1S/C68H69NO16S4/c1-37-18-22-41(23-19-37)26-28-45(71)50(63-86-30-31-87-63)59(76)69-53(43-14-10-8-11-15-43)55(83-61(78)51(64-88-32-33-89-64)46(72)29-27-42-24-20-38(2)21-25-42)62(79)82-47-35-68(80)58(84-60(77)44-16-12-9-13-17-44)56-66(7,57(75)54(74)52(39(47)3)65(68,5)6)48(73)34-49-67(56,36-81-49)85-40(4)70/h8-29,47-49,53-56,58,73-74,80H,30-36H2,1-7H3,(H,69,76)/b28-26+,29-27+/t47-,48-,49+,53-,54?,55+,56?,58-,66+,67-,68+/m0/s1. The number of aliphatic hydroxyl groups is 3. The molecule has 89 heavy (non-hydrogen) atoms. The van der Waals surface area contributed by atoms with Gasteiger partial charge in [0.05, 0.1) is 38.1 Å². The minimum atomic E-state index is -2.54. The number of benzene rings is 4. The van der Waals surface area contributed by atoms with Crippen molar-refractivity contribution in [1.29, 1.82) is 0 Å². The topological polar surface area (TPSA) is 255 Å². The number of fused-ring (bicyclic) bond motifs is 5. The average Bonchev–Trinajstić information content (AvgIpc) is 0.793. The van der Waals surface area contributed by atoms with Gasteiger partial charge >= 0.3 is 23.9 Å². The van der Waals surface area contributed by atoms with Gasteiger partial charge in [0.15, 0.2) is 23.0 Å². The van der Waals surface area contributed by atoms with E-state index in [0.717, 1.165) is 18.1 Å².